The molecule has 0 atom stereocenters. The first-order valence-corrected chi connectivity index (χ1v) is 7.30. The molecule has 6 heteroatoms. The lowest BCUT2D eigenvalue weighted by atomic mass is 10.1. The molecule has 4 rings (SSSR count). The third kappa shape index (κ3) is 2.13. The summed E-state index contributed by atoms with van der Waals surface area (Å²) >= 11 is 0. The highest BCUT2D eigenvalue weighted by Crippen LogP contribution is 2.31. The topological polar surface area (TPSA) is 84.6 Å². The van der Waals surface area contributed by atoms with E-state index >= 15 is 0 Å². The molecule has 0 saturated carbocycles. The number of benzene rings is 3. The number of anilines is 1. The van der Waals surface area contributed by atoms with E-state index in [1.165, 1.54) is 12.1 Å². The molecule has 0 unspecified atom stereocenters. The molecular formula is C18H11N3O3. The van der Waals surface area contributed by atoms with Crippen molar-refractivity contribution in [2.45, 2.75) is 0 Å². The summed E-state index contributed by atoms with van der Waals surface area (Å²) in [4.78, 5) is 22.8. The lowest BCUT2D eigenvalue weighted by Gasteiger charge is -2.02. The minimum Gasteiger partial charge on any atom is -0.287 e. The van der Waals surface area contributed by atoms with E-state index < -0.39 is 4.92 Å². The number of nitrogens with one attached hydrogen (secondary N) is 1. The smallest absolute Gasteiger partial charge is 0.269 e. The van der Waals surface area contributed by atoms with Crippen LogP contribution in [0.4, 0.5) is 11.4 Å². The molecule has 0 fully saturated rings. The van der Waals surface area contributed by atoms with Crippen LogP contribution >= 0.6 is 0 Å². The van der Waals surface area contributed by atoms with Crippen molar-refractivity contribution in [1.82, 2.24) is 0 Å². The number of carbonyl (C=O) groups excluding carboxylic acids is 1. The summed E-state index contributed by atoms with van der Waals surface area (Å²) in [7, 11) is 0. The van der Waals surface area contributed by atoms with Crippen LogP contribution in [-0.4, -0.2) is 16.4 Å². The highest BCUT2D eigenvalue weighted by molar-refractivity contribution is 6.59. The van der Waals surface area contributed by atoms with Gasteiger partial charge in [-0.25, -0.2) is 0 Å². The summed E-state index contributed by atoms with van der Waals surface area (Å²) in [6.07, 6.45) is 0. The number of non-ortho nitro benzene ring substituents is 1. The van der Waals surface area contributed by atoms with Crippen molar-refractivity contribution >= 4 is 33.6 Å². The molecule has 1 N–H and O–H groups in total. The summed E-state index contributed by atoms with van der Waals surface area (Å²) in [6, 6.07) is 17.2. The lowest BCUT2D eigenvalue weighted by Crippen LogP contribution is -2.11. The Kier molecular flexibility index (Phi) is 3.09. The second-order valence-corrected chi connectivity index (χ2v) is 5.41. The fourth-order valence-electron chi connectivity index (χ4n) is 2.87. The van der Waals surface area contributed by atoms with Gasteiger partial charge in [0.2, 0.25) is 5.78 Å². The first-order valence-electron chi connectivity index (χ1n) is 7.30. The third-order valence-electron chi connectivity index (χ3n) is 3.99. The van der Waals surface area contributed by atoms with Gasteiger partial charge in [-0.3, -0.25) is 20.3 Å². The van der Waals surface area contributed by atoms with Crippen LogP contribution in [0.15, 0.2) is 65.8 Å². The van der Waals surface area contributed by atoms with Gasteiger partial charge in [-0.1, -0.05) is 36.4 Å². The van der Waals surface area contributed by atoms with E-state index in [1.54, 1.807) is 18.2 Å². The lowest BCUT2D eigenvalue weighted by molar-refractivity contribution is -0.384. The summed E-state index contributed by atoms with van der Waals surface area (Å²) < 4.78 is 0. The number of ketones is 1. The SMILES string of the molecule is O=C1C(=NNc2ccc([N+](=O)[O-])cc2)c2cccc3cccc1c23. The number of Topliss-reactive ketones (excluding diaryl/α,β-unsaturated/α-hetero) is 1. The van der Waals surface area contributed by atoms with E-state index in [0.29, 0.717) is 17.0 Å². The second-order valence-electron chi connectivity index (χ2n) is 5.41. The maximum absolute atomic E-state index is 12.6. The van der Waals surface area contributed by atoms with Crippen molar-refractivity contribution in [2.75, 3.05) is 5.43 Å². The van der Waals surface area contributed by atoms with Crippen molar-refractivity contribution in [2.24, 2.45) is 5.10 Å². The van der Waals surface area contributed by atoms with Crippen LogP contribution < -0.4 is 5.43 Å². The number of hydrogen-bond acceptors (Lipinski definition) is 5. The zero-order valence-electron chi connectivity index (χ0n) is 12.4. The Balaban J connectivity index is 1.70. The average molecular weight is 317 g/mol. The van der Waals surface area contributed by atoms with Gasteiger partial charge in [0.1, 0.15) is 5.71 Å². The van der Waals surface area contributed by atoms with Crippen LogP contribution in [0.1, 0.15) is 15.9 Å². The normalized spacial score (nSPS) is 14.3. The zero-order chi connectivity index (χ0) is 16.7. The molecule has 0 bridgehead atoms. The fraction of sp³-hybridized carbons (Fsp3) is 0. The maximum Gasteiger partial charge on any atom is 0.269 e. The number of carbonyl (C=O) groups is 1. The van der Waals surface area contributed by atoms with Crippen molar-refractivity contribution < 1.29 is 9.72 Å². The molecule has 0 spiro atoms. The summed E-state index contributed by atoms with van der Waals surface area (Å²) in [6.45, 7) is 0. The van der Waals surface area contributed by atoms with Gasteiger partial charge < -0.3 is 0 Å². The van der Waals surface area contributed by atoms with Gasteiger partial charge in [-0.2, -0.15) is 5.10 Å². The van der Waals surface area contributed by atoms with E-state index in [2.05, 4.69) is 10.5 Å². The highest BCUT2D eigenvalue weighted by Gasteiger charge is 2.28. The van der Waals surface area contributed by atoms with Gasteiger partial charge in [0.15, 0.2) is 0 Å². The molecule has 0 amide bonds. The molecule has 0 radical (unpaired) electrons. The fourth-order valence-corrected chi connectivity index (χ4v) is 2.87. The third-order valence-corrected chi connectivity index (χ3v) is 3.99. The maximum atomic E-state index is 12.6. The van der Waals surface area contributed by atoms with E-state index in [-0.39, 0.29) is 11.5 Å². The Hall–Kier alpha value is -3.54. The highest BCUT2D eigenvalue weighted by atomic mass is 16.6. The van der Waals surface area contributed by atoms with Gasteiger partial charge >= 0.3 is 0 Å². The summed E-state index contributed by atoms with van der Waals surface area (Å²) in [5.41, 5.74) is 5.17. The van der Waals surface area contributed by atoms with E-state index in [9.17, 15) is 14.9 Å². The van der Waals surface area contributed by atoms with Crippen molar-refractivity contribution in [3.8, 4) is 0 Å². The van der Waals surface area contributed by atoms with E-state index in [1.807, 2.05) is 30.3 Å². The molecule has 0 aromatic heterocycles. The monoisotopic (exact) mass is 317 g/mol. The zero-order valence-corrected chi connectivity index (χ0v) is 12.4. The number of nitro benzene ring substituents is 1. The predicted molar refractivity (Wildman–Crippen MR) is 91.5 cm³/mol. The Morgan fingerprint density at radius 3 is 2.25 bits per heavy atom. The van der Waals surface area contributed by atoms with Gasteiger partial charge in [-0.05, 0) is 17.5 Å². The van der Waals surface area contributed by atoms with Crippen LogP contribution in [0.5, 0.6) is 0 Å². The Morgan fingerprint density at radius 1 is 0.917 bits per heavy atom. The first kappa shape index (κ1) is 14.1. The van der Waals surface area contributed by atoms with Crippen molar-refractivity contribution in [3.05, 3.63) is 81.9 Å². The number of hydrazone groups is 1. The molecule has 1 aliphatic rings. The van der Waals surface area contributed by atoms with E-state index in [0.717, 1.165) is 16.3 Å². The molecular weight excluding hydrogens is 306 g/mol. The summed E-state index contributed by atoms with van der Waals surface area (Å²) in [5.74, 6) is -0.129. The molecule has 1 aliphatic carbocycles. The minimum absolute atomic E-state index is 0.00215. The van der Waals surface area contributed by atoms with Crippen LogP contribution in [0, 0.1) is 10.1 Å². The number of hydrogen-bond donors (Lipinski definition) is 1. The molecule has 0 heterocycles. The Labute approximate surface area is 136 Å². The second kappa shape index (κ2) is 5.27. The van der Waals surface area contributed by atoms with Crippen LogP contribution in [0.3, 0.4) is 0 Å². The largest absolute Gasteiger partial charge is 0.287 e. The number of rotatable bonds is 3. The van der Waals surface area contributed by atoms with Crippen molar-refractivity contribution in [1.29, 1.82) is 0 Å². The number of nitro groups is 1. The summed E-state index contributed by atoms with van der Waals surface area (Å²) in [5, 5.41) is 16.8. The standard InChI is InChI=1S/C18H11N3O3/c22-18-15-6-2-4-11-3-1-5-14(16(11)15)17(18)20-19-12-7-9-13(10-8-12)21(23)24/h1-10,19H. The Bertz CT molecular complexity index is 1020. The molecule has 24 heavy (non-hydrogen) atoms. The molecule has 3 aromatic carbocycles. The quantitative estimate of drug-likeness (QED) is 0.589. The van der Waals surface area contributed by atoms with Crippen molar-refractivity contribution in [3.63, 3.8) is 0 Å². The molecule has 0 saturated heterocycles. The molecule has 116 valence electrons. The van der Waals surface area contributed by atoms with E-state index in [4.69, 9.17) is 0 Å². The Morgan fingerprint density at radius 2 is 1.58 bits per heavy atom. The minimum atomic E-state index is -0.465. The number of nitrogens with zero attached hydrogens (tertiary/aromatic N) is 2. The van der Waals surface area contributed by atoms with Gasteiger partial charge in [0, 0.05) is 28.6 Å². The van der Waals surface area contributed by atoms with Gasteiger partial charge in [0.25, 0.3) is 5.69 Å². The predicted octanol–water partition coefficient (Wildman–Crippen LogP) is 3.76. The molecule has 6 nitrogen and oxygen atoms in total. The van der Waals surface area contributed by atoms with Gasteiger partial charge in [0.05, 0.1) is 10.6 Å². The average Bonchev–Trinajstić information content (AvgIpc) is 2.88. The molecule has 3 aromatic rings. The molecule has 0 aliphatic heterocycles. The van der Waals surface area contributed by atoms with Gasteiger partial charge in [-0.15, -0.1) is 0 Å². The first-order chi connectivity index (χ1) is 11.6. The van der Waals surface area contributed by atoms with Crippen LogP contribution in [0.25, 0.3) is 10.8 Å². The van der Waals surface area contributed by atoms with Crippen LogP contribution in [0.2, 0.25) is 0 Å². The van der Waals surface area contributed by atoms with Crippen LogP contribution in [-0.2, 0) is 0 Å².